The van der Waals surface area contributed by atoms with Gasteiger partial charge in [-0.05, 0) is 18.9 Å². The fourth-order valence-electron chi connectivity index (χ4n) is 5.95. The van der Waals surface area contributed by atoms with Crippen molar-refractivity contribution >= 4 is 40.8 Å². The number of imide groups is 1. The van der Waals surface area contributed by atoms with E-state index in [1.807, 2.05) is 11.0 Å². The third-order valence-electron chi connectivity index (χ3n) is 8.49. The maximum absolute atomic E-state index is 14.1. The van der Waals surface area contributed by atoms with Crippen LogP contribution in [0, 0.1) is 0 Å². The highest BCUT2D eigenvalue weighted by Crippen LogP contribution is 2.31. The van der Waals surface area contributed by atoms with Crippen molar-refractivity contribution in [2.24, 2.45) is 0 Å². The predicted molar refractivity (Wildman–Crippen MR) is 162 cm³/mol. The smallest absolute Gasteiger partial charge is 0.329 e. The molecule has 0 spiro atoms. The van der Waals surface area contributed by atoms with Crippen LogP contribution in [0.5, 0.6) is 0 Å². The van der Waals surface area contributed by atoms with Crippen LogP contribution in [-0.4, -0.2) is 103 Å². The number of halogens is 2. The van der Waals surface area contributed by atoms with Gasteiger partial charge >= 0.3 is 6.03 Å². The number of carbonyl (C=O) groups excluding carboxylic acids is 3. The second-order valence-corrected chi connectivity index (χ2v) is 11.5. The van der Waals surface area contributed by atoms with Crippen LogP contribution in [0.15, 0.2) is 37.1 Å². The second-order valence-electron chi connectivity index (χ2n) is 11.5. The van der Waals surface area contributed by atoms with Gasteiger partial charge in [-0.3, -0.25) is 34.4 Å². The molecular formula is C29H32F2N12O4. The van der Waals surface area contributed by atoms with Gasteiger partial charge in [-0.2, -0.15) is 10.2 Å². The SMILES string of the molecule is O=C1CCN(c2cnc(CN3CCC(n4cc(NC(=O)c5cnn6ccc(N7CCOCC7)nc56)c(C(F)F)n4)CC3)cn2)C(=O)N1. The molecule has 7 rings (SSSR count). The minimum Gasteiger partial charge on any atom is -0.378 e. The average Bonchev–Trinajstić information content (AvgIpc) is 3.70. The first-order valence-corrected chi connectivity index (χ1v) is 15.3. The number of urea groups is 1. The van der Waals surface area contributed by atoms with Crippen molar-refractivity contribution in [2.75, 3.05) is 61.1 Å². The highest BCUT2D eigenvalue weighted by molar-refractivity contribution is 6.08. The number of morpholine rings is 1. The Bertz CT molecular complexity index is 1780. The van der Waals surface area contributed by atoms with Gasteiger partial charge in [-0.15, -0.1) is 0 Å². The van der Waals surface area contributed by atoms with E-state index in [2.05, 4.69) is 40.7 Å². The number of aromatic nitrogens is 7. The zero-order valence-electron chi connectivity index (χ0n) is 25.3. The normalized spacial score (nSPS) is 18.3. The highest BCUT2D eigenvalue weighted by atomic mass is 19.3. The minimum atomic E-state index is -2.89. The summed E-state index contributed by atoms with van der Waals surface area (Å²) in [5, 5.41) is 13.3. The average molecular weight is 651 g/mol. The third-order valence-corrected chi connectivity index (χ3v) is 8.49. The van der Waals surface area contributed by atoms with Crippen molar-refractivity contribution in [2.45, 2.75) is 38.3 Å². The Balaban J connectivity index is 0.985. The number of likely N-dealkylation sites (tertiary alicyclic amines) is 1. The molecule has 0 saturated carbocycles. The number of amides is 4. The van der Waals surface area contributed by atoms with Crippen LogP contribution >= 0.6 is 0 Å². The summed E-state index contributed by atoms with van der Waals surface area (Å²) in [4.78, 5) is 55.8. The number of carbonyl (C=O) groups is 3. The molecule has 18 heteroatoms. The molecule has 3 fully saturated rings. The Hall–Kier alpha value is -5.10. The fourth-order valence-corrected chi connectivity index (χ4v) is 5.95. The first kappa shape index (κ1) is 30.5. The number of ether oxygens (including phenoxy) is 1. The highest BCUT2D eigenvalue weighted by Gasteiger charge is 2.28. The van der Waals surface area contributed by atoms with Gasteiger partial charge in [-0.25, -0.2) is 28.1 Å². The summed E-state index contributed by atoms with van der Waals surface area (Å²) < 4.78 is 36.5. The summed E-state index contributed by atoms with van der Waals surface area (Å²) in [5.41, 5.74) is 0.632. The van der Waals surface area contributed by atoms with Gasteiger partial charge in [0.2, 0.25) is 5.91 Å². The lowest BCUT2D eigenvalue weighted by Gasteiger charge is -2.31. The van der Waals surface area contributed by atoms with Gasteiger partial charge in [0.05, 0.1) is 49.2 Å². The molecule has 0 bridgehead atoms. The summed E-state index contributed by atoms with van der Waals surface area (Å²) in [6.45, 7) is 4.58. The van der Waals surface area contributed by atoms with Gasteiger partial charge in [0.1, 0.15) is 11.4 Å². The van der Waals surface area contributed by atoms with Crippen molar-refractivity contribution in [1.82, 2.24) is 44.6 Å². The van der Waals surface area contributed by atoms with Gasteiger partial charge in [0.25, 0.3) is 12.3 Å². The molecule has 7 heterocycles. The largest absolute Gasteiger partial charge is 0.378 e. The van der Waals surface area contributed by atoms with Gasteiger partial charge in [-0.1, -0.05) is 0 Å². The maximum atomic E-state index is 14.1. The van der Waals surface area contributed by atoms with Crippen molar-refractivity contribution < 1.29 is 27.9 Å². The number of nitrogens with zero attached hydrogens (tertiary/aromatic N) is 10. The molecule has 4 aromatic heterocycles. The molecule has 246 valence electrons. The lowest BCUT2D eigenvalue weighted by atomic mass is 10.1. The van der Waals surface area contributed by atoms with E-state index >= 15 is 0 Å². The molecular weight excluding hydrogens is 618 g/mol. The van der Waals surface area contributed by atoms with Crippen LogP contribution < -0.4 is 20.4 Å². The number of anilines is 3. The topological polar surface area (TPSA) is 168 Å². The molecule has 0 aromatic carbocycles. The number of hydrogen-bond acceptors (Lipinski definition) is 11. The monoisotopic (exact) mass is 650 g/mol. The predicted octanol–water partition coefficient (Wildman–Crippen LogP) is 2.03. The van der Waals surface area contributed by atoms with E-state index in [9.17, 15) is 23.2 Å². The van der Waals surface area contributed by atoms with Crippen molar-refractivity contribution in [3.63, 3.8) is 0 Å². The van der Waals surface area contributed by atoms with E-state index in [1.165, 1.54) is 32.7 Å². The van der Waals surface area contributed by atoms with Crippen molar-refractivity contribution in [3.8, 4) is 0 Å². The van der Waals surface area contributed by atoms with Crippen molar-refractivity contribution in [1.29, 1.82) is 0 Å². The molecule has 0 atom stereocenters. The maximum Gasteiger partial charge on any atom is 0.329 e. The zero-order valence-corrected chi connectivity index (χ0v) is 25.3. The van der Waals surface area contributed by atoms with E-state index in [1.54, 1.807) is 12.4 Å². The number of hydrogen-bond donors (Lipinski definition) is 2. The van der Waals surface area contributed by atoms with Crippen LogP contribution in [0.25, 0.3) is 5.65 Å². The van der Waals surface area contributed by atoms with Crippen LogP contribution in [-0.2, 0) is 16.1 Å². The molecule has 4 amide bonds. The molecule has 47 heavy (non-hydrogen) atoms. The Morgan fingerprint density at radius 1 is 1.04 bits per heavy atom. The Morgan fingerprint density at radius 3 is 2.57 bits per heavy atom. The summed E-state index contributed by atoms with van der Waals surface area (Å²) in [6.07, 6.45) is 6.25. The Morgan fingerprint density at radius 2 is 1.85 bits per heavy atom. The molecule has 0 radical (unpaired) electrons. The van der Waals surface area contributed by atoms with E-state index in [0.29, 0.717) is 81.8 Å². The summed E-state index contributed by atoms with van der Waals surface area (Å²) in [5.74, 6) is 0.117. The Labute approximate surface area is 266 Å². The van der Waals surface area contributed by atoms with Crippen LogP contribution in [0.3, 0.4) is 0 Å². The van der Waals surface area contributed by atoms with E-state index in [0.717, 1.165) is 0 Å². The Kier molecular flexibility index (Phi) is 8.42. The second kappa shape index (κ2) is 13.0. The molecule has 3 saturated heterocycles. The molecule has 0 aliphatic carbocycles. The molecule has 3 aliphatic rings. The number of piperidine rings is 1. The number of rotatable bonds is 8. The summed E-state index contributed by atoms with van der Waals surface area (Å²) in [7, 11) is 0. The first-order chi connectivity index (χ1) is 22.8. The van der Waals surface area contributed by atoms with Gasteiger partial charge in [0.15, 0.2) is 17.2 Å². The van der Waals surface area contributed by atoms with Gasteiger partial charge in [0, 0.05) is 58.1 Å². The van der Waals surface area contributed by atoms with Crippen LogP contribution in [0.4, 0.5) is 30.9 Å². The summed E-state index contributed by atoms with van der Waals surface area (Å²) in [6, 6.07) is 1.15. The lowest BCUT2D eigenvalue weighted by molar-refractivity contribution is -0.120. The van der Waals surface area contributed by atoms with Gasteiger partial charge < -0.3 is 15.0 Å². The minimum absolute atomic E-state index is 0.0572. The molecule has 2 N–H and O–H groups in total. The van der Waals surface area contributed by atoms with E-state index in [4.69, 9.17) is 4.74 Å². The standard InChI is InChI=1S/C29H32F2N12O4/c30-26(31)25-21(35-28(45)20-14-34-42-8-3-22(36-27(20)42)40-9-11-47-12-10-40)17-43(38-25)19-1-5-39(6-2-19)16-18-13-33-23(15-32-18)41-7-4-24(44)37-29(41)46/h3,8,13-15,17,19,26H,1-2,4-7,9-12,16H2,(H,35,45)(H,37,44,46). The number of fused-ring (bicyclic) bond motifs is 1. The molecule has 3 aliphatic heterocycles. The number of nitrogens with one attached hydrogen (secondary N) is 2. The molecule has 16 nitrogen and oxygen atoms in total. The number of alkyl halides is 2. The quantitative estimate of drug-likeness (QED) is 0.286. The summed E-state index contributed by atoms with van der Waals surface area (Å²) >= 11 is 0. The fraction of sp³-hybridized carbons (Fsp3) is 0.448. The first-order valence-electron chi connectivity index (χ1n) is 15.3. The molecule has 0 unspecified atom stereocenters. The van der Waals surface area contributed by atoms with Crippen molar-refractivity contribution in [3.05, 3.63) is 54.0 Å². The van der Waals surface area contributed by atoms with E-state index in [-0.39, 0.29) is 36.2 Å². The zero-order chi connectivity index (χ0) is 32.5. The molecule has 4 aromatic rings. The van der Waals surface area contributed by atoms with Crippen LogP contribution in [0.2, 0.25) is 0 Å². The third kappa shape index (κ3) is 6.46. The van der Waals surface area contributed by atoms with E-state index < -0.39 is 24.1 Å². The van der Waals surface area contributed by atoms with Crippen LogP contribution in [0.1, 0.15) is 53.5 Å². The lowest BCUT2D eigenvalue weighted by Crippen LogP contribution is -2.50.